The second-order valence-electron chi connectivity index (χ2n) is 5.25. The van der Waals surface area contributed by atoms with Crippen LogP contribution in [0.15, 0.2) is 54.6 Å². The summed E-state index contributed by atoms with van der Waals surface area (Å²) in [6.45, 7) is -0.562. The van der Waals surface area contributed by atoms with E-state index < -0.39 is 30.1 Å². The van der Waals surface area contributed by atoms with Crippen LogP contribution < -0.4 is 15.6 Å². The lowest BCUT2D eigenvalue weighted by atomic mass is 10.2. The van der Waals surface area contributed by atoms with Crippen LogP contribution in [0, 0.1) is 11.6 Å². The summed E-state index contributed by atoms with van der Waals surface area (Å²) in [6, 6.07) is 13.2. The highest BCUT2D eigenvalue weighted by Gasteiger charge is 2.11. The van der Waals surface area contributed by atoms with E-state index in [1.165, 1.54) is 6.07 Å². The molecule has 0 radical (unpaired) electrons. The fraction of sp³-hybridized carbons (Fsp3) is 0.0556. The Labute approximate surface area is 146 Å². The summed E-state index contributed by atoms with van der Waals surface area (Å²) in [5.41, 5.74) is 5.08. The summed E-state index contributed by atoms with van der Waals surface area (Å²) < 4.78 is 31.1. The molecule has 132 valence electrons. The zero-order valence-electron chi connectivity index (χ0n) is 13.3. The molecule has 1 aromatic heterocycles. The summed E-state index contributed by atoms with van der Waals surface area (Å²) in [4.78, 5) is 27.9. The van der Waals surface area contributed by atoms with Crippen LogP contribution in [0.5, 0.6) is 5.75 Å². The minimum Gasteiger partial charge on any atom is -0.481 e. The van der Waals surface area contributed by atoms with Gasteiger partial charge in [0.05, 0.1) is 5.52 Å². The van der Waals surface area contributed by atoms with Gasteiger partial charge in [-0.05, 0) is 24.3 Å². The van der Waals surface area contributed by atoms with Crippen LogP contribution >= 0.6 is 0 Å². The van der Waals surface area contributed by atoms with Crippen molar-refractivity contribution in [2.75, 3.05) is 6.61 Å². The van der Waals surface area contributed by atoms with Gasteiger partial charge in [0.1, 0.15) is 11.5 Å². The fourth-order valence-corrected chi connectivity index (χ4v) is 2.15. The molecular formula is C18H13F2N3O3. The van der Waals surface area contributed by atoms with Gasteiger partial charge in [0.25, 0.3) is 11.8 Å². The Balaban J connectivity index is 1.54. The number of amides is 2. The predicted molar refractivity (Wildman–Crippen MR) is 89.2 cm³/mol. The van der Waals surface area contributed by atoms with Gasteiger partial charge in [0.2, 0.25) is 0 Å². The van der Waals surface area contributed by atoms with Gasteiger partial charge in [-0.15, -0.1) is 0 Å². The molecule has 0 saturated carbocycles. The summed E-state index contributed by atoms with van der Waals surface area (Å²) in [6.07, 6.45) is 0. The maximum atomic E-state index is 13.4. The highest BCUT2D eigenvalue weighted by Crippen LogP contribution is 2.17. The predicted octanol–water partition coefficient (Wildman–Crippen LogP) is 2.35. The molecule has 3 rings (SSSR count). The van der Waals surface area contributed by atoms with Crippen molar-refractivity contribution < 1.29 is 23.1 Å². The lowest BCUT2D eigenvalue weighted by Crippen LogP contribution is -2.44. The number of benzene rings is 2. The third kappa shape index (κ3) is 4.10. The van der Waals surface area contributed by atoms with Crippen LogP contribution in [0.3, 0.4) is 0 Å². The van der Waals surface area contributed by atoms with Gasteiger partial charge in [-0.1, -0.05) is 24.3 Å². The molecule has 2 N–H and O–H groups in total. The van der Waals surface area contributed by atoms with E-state index in [4.69, 9.17) is 4.74 Å². The number of aromatic nitrogens is 1. The van der Waals surface area contributed by atoms with Gasteiger partial charge < -0.3 is 4.74 Å². The van der Waals surface area contributed by atoms with Crippen molar-refractivity contribution in [3.8, 4) is 5.75 Å². The van der Waals surface area contributed by atoms with Crippen LogP contribution in [0.1, 0.15) is 10.5 Å². The van der Waals surface area contributed by atoms with Crippen molar-refractivity contribution in [3.05, 3.63) is 71.9 Å². The summed E-state index contributed by atoms with van der Waals surface area (Å²) in [5, 5.41) is 0.878. The number of hydrogen-bond acceptors (Lipinski definition) is 4. The van der Waals surface area contributed by atoms with Gasteiger partial charge in [0, 0.05) is 11.5 Å². The van der Waals surface area contributed by atoms with E-state index in [1.807, 2.05) is 12.1 Å². The van der Waals surface area contributed by atoms with Gasteiger partial charge in [-0.25, -0.2) is 13.8 Å². The number of rotatable bonds is 4. The van der Waals surface area contributed by atoms with E-state index >= 15 is 0 Å². The van der Waals surface area contributed by atoms with Crippen LogP contribution in [0.25, 0.3) is 10.9 Å². The maximum Gasteiger partial charge on any atom is 0.288 e. The molecule has 3 aromatic rings. The summed E-state index contributed by atoms with van der Waals surface area (Å²) in [7, 11) is 0. The Morgan fingerprint density at radius 3 is 2.62 bits per heavy atom. The number of hydrazine groups is 1. The molecule has 0 spiro atoms. The Morgan fingerprint density at radius 1 is 1.00 bits per heavy atom. The molecule has 0 aliphatic rings. The zero-order chi connectivity index (χ0) is 18.5. The second-order valence-corrected chi connectivity index (χ2v) is 5.25. The van der Waals surface area contributed by atoms with E-state index in [2.05, 4.69) is 15.8 Å². The number of nitrogens with zero attached hydrogens (tertiary/aromatic N) is 1. The van der Waals surface area contributed by atoms with Crippen molar-refractivity contribution in [2.24, 2.45) is 0 Å². The number of para-hydroxylation sites is 1. The molecule has 1 heterocycles. The Bertz CT molecular complexity index is 979. The first-order valence-corrected chi connectivity index (χ1v) is 7.56. The van der Waals surface area contributed by atoms with Gasteiger partial charge >= 0.3 is 0 Å². The van der Waals surface area contributed by atoms with Crippen LogP contribution in [-0.4, -0.2) is 23.4 Å². The number of carbonyl (C=O) groups is 2. The van der Waals surface area contributed by atoms with E-state index in [0.717, 1.165) is 17.5 Å². The first-order chi connectivity index (χ1) is 12.5. The van der Waals surface area contributed by atoms with Gasteiger partial charge in [-0.3, -0.25) is 20.4 Å². The molecule has 8 heteroatoms. The third-order valence-corrected chi connectivity index (χ3v) is 3.40. The molecule has 0 saturated heterocycles. The van der Waals surface area contributed by atoms with E-state index in [1.54, 1.807) is 18.2 Å². The molecule has 2 aromatic carbocycles. The Kier molecular flexibility index (Phi) is 5.02. The topological polar surface area (TPSA) is 80.3 Å². The SMILES string of the molecule is O=C(COc1ccc(F)cc1F)NNC(=O)c1ccc2ccccc2n1. The quantitative estimate of drug-likeness (QED) is 0.703. The minimum absolute atomic E-state index is 0.120. The molecule has 0 aliphatic heterocycles. The lowest BCUT2D eigenvalue weighted by molar-refractivity contribution is -0.123. The minimum atomic E-state index is -0.929. The van der Waals surface area contributed by atoms with Crippen molar-refractivity contribution in [1.29, 1.82) is 0 Å². The average molecular weight is 357 g/mol. The monoisotopic (exact) mass is 357 g/mol. The molecular weight excluding hydrogens is 344 g/mol. The highest BCUT2D eigenvalue weighted by molar-refractivity contribution is 5.95. The number of halogens is 2. The number of hydrogen-bond donors (Lipinski definition) is 2. The number of pyridine rings is 1. The van der Waals surface area contributed by atoms with Gasteiger partial charge in [0.15, 0.2) is 18.2 Å². The lowest BCUT2D eigenvalue weighted by Gasteiger charge is -2.09. The highest BCUT2D eigenvalue weighted by atomic mass is 19.1. The second kappa shape index (κ2) is 7.56. The molecule has 2 amide bonds. The van der Waals surface area contributed by atoms with Crippen molar-refractivity contribution in [1.82, 2.24) is 15.8 Å². The fourth-order valence-electron chi connectivity index (χ4n) is 2.15. The Morgan fingerprint density at radius 2 is 1.81 bits per heavy atom. The smallest absolute Gasteiger partial charge is 0.288 e. The van der Waals surface area contributed by atoms with Crippen molar-refractivity contribution >= 4 is 22.7 Å². The molecule has 0 fully saturated rings. The summed E-state index contributed by atoms with van der Waals surface area (Å²) >= 11 is 0. The average Bonchev–Trinajstić information content (AvgIpc) is 2.65. The molecule has 0 atom stereocenters. The number of fused-ring (bicyclic) bond motifs is 1. The number of ether oxygens (including phenoxy) is 1. The van der Waals surface area contributed by atoms with Crippen LogP contribution in [0.2, 0.25) is 0 Å². The first-order valence-electron chi connectivity index (χ1n) is 7.56. The molecule has 6 nitrogen and oxygen atoms in total. The molecule has 0 bridgehead atoms. The summed E-state index contributed by atoms with van der Waals surface area (Å²) in [5.74, 6) is -3.29. The largest absolute Gasteiger partial charge is 0.481 e. The normalized spacial score (nSPS) is 10.4. The molecule has 0 aliphatic carbocycles. The third-order valence-electron chi connectivity index (χ3n) is 3.40. The number of nitrogens with one attached hydrogen (secondary N) is 2. The van der Waals surface area contributed by atoms with E-state index in [-0.39, 0.29) is 11.4 Å². The van der Waals surface area contributed by atoms with Crippen molar-refractivity contribution in [2.45, 2.75) is 0 Å². The van der Waals surface area contributed by atoms with Crippen LogP contribution in [0.4, 0.5) is 8.78 Å². The molecule has 26 heavy (non-hydrogen) atoms. The van der Waals surface area contributed by atoms with Gasteiger partial charge in [-0.2, -0.15) is 0 Å². The van der Waals surface area contributed by atoms with Crippen molar-refractivity contribution in [3.63, 3.8) is 0 Å². The standard InChI is InChI=1S/C18H13F2N3O3/c19-12-6-8-16(13(20)9-12)26-10-17(24)22-23-18(25)15-7-5-11-3-1-2-4-14(11)21-15/h1-9H,10H2,(H,22,24)(H,23,25). The Hall–Kier alpha value is -3.55. The first kappa shape index (κ1) is 17.3. The molecule has 0 unspecified atom stereocenters. The van der Waals surface area contributed by atoms with Crippen LogP contribution in [-0.2, 0) is 4.79 Å². The number of carbonyl (C=O) groups excluding carboxylic acids is 2. The van der Waals surface area contributed by atoms with E-state index in [0.29, 0.717) is 11.6 Å². The maximum absolute atomic E-state index is 13.4. The van der Waals surface area contributed by atoms with E-state index in [9.17, 15) is 18.4 Å². The zero-order valence-corrected chi connectivity index (χ0v) is 13.3.